The summed E-state index contributed by atoms with van der Waals surface area (Å²) in [5, 5.41) is 6.47. The molecule has 0 bridgehead atoms. The number of hydrogen-bond acceptors (Lipinski definition) is 2. The molecule has 1 unspecified atom stereocenters. The molecule has 1 heterocycles. The van der Waals surface area contributed by atoms with Crippen LogP contribution in [-0.4, -0.2) is 6.54 Å². The van der Waals surface area contributed by atoms with Gasteiger partial charge in [0, 0.05) is 9.35 Å². The predicted octanol–water partition coefficient (Wildman–Crippen LogP) is 5.56. The molecule has 1 aromatic heterocycles. The van der Waals surface area contributed by atoms with Gasteiger partial charge in [-0.25, -0.2) is 0 Å². The van der Waals surface area contributed by atoms with Gasteiger partial charge >= 0.3 is 0 Å². The van der Waals surface area contributed by atoms with Crippen molar-refractivity contribution in [2.75, 3.05) is 6.54 Å². The standard InChI is InChI=1S/C15H17BrClNS/c1-3-7-18-14(15-13(17)6-8-19-15)11-5-4-10(2)9-12(11)16/h4-6,8-9,14,18H,3,7H2,1-2H3. The Morgan fingerprint density at radius 3 is 2.74 bits per heavy atom. The predicted molar refractivity (Wildman–Crippen MR) is 88.3 cm³/mol. The van der Waals surface area contributed by atoms with E-state index in [1.807, 2.05) is 11.4 Å². The lowest BCUT2D eigenvalue weighted by molar-refractivity contribution is 0.604. The van der Waals surface area contributed by atoms with Crippen LogP contribution in [0.2, 0.25) is 5.02 Å². The number of nitrogens with one attached hydrogen (secondary N) is 1. The summed E-state index contributed by atoms with van der Waals surface area (Å²) in [4.78, 5) is 1.18. The third-order valence-corrected chi connectivity index (χ3v) is 5.08. The number of hydrogen-bond donors (Lipinski definition) is 1. The van der Waals surface area contributed by atoms with Gasteiger partial charge in [-0.15, -0.1) is 11.3 Å². The Morgan fingerprint density at radius 2 is 2.16 bits per heavy atom. The van der Waals surface area contributed by atoms with Crippen molar-refractivity contribution in [3.8, 4) is 0 Å². The lowest BCUT2D eigenvalue weighted by atomic mass is 10.0. The van der Waals surface area contributed by atoms with Crippen LogP contribution in [0.3, 0.4) is 0 Å². The van der Waals surface area contributed by atoms with E-state index >= 15 is 0 Å². The van der Waals surface area contributed by atoms with Gasteiger partial charge in [-0.1, -0.05) is 46.6 Å². The molecule has 19 heavy (non-hydrogen) atoms. The molecule has 2 rings (SSSR count). The summed E-state index contributed by atoms with van der Waals surface area (Å²) in [5.41, 5.74) is 2.49. The van der Waals surface area contributed by atoms with Gasteiger partial charge in [0.25, 0.3) is 0 Å². The highest BCUT2D eigenvalue weighted by Crippen LogP contribution is 2.36. The number of rotatable bonds is 5. The van der Waals surface area contributed by atoms with Crippen molar-refractivity contribution in [2.24, 2.45) is 0 Å². The number of benzene rings is 1. The Kier molecular flexibility index (Phi) is 5.46. The second-order valence-electron chi connectivity index (χ2n) is 4.54. The Morgan fingerprint density at radius 1 is 1.37 bits per heavy atom. The van der Waals surface area contributed by atoms with Gasteiger partial charge in [-0.2, -0.15) is 0 Å². The Hall–Kier alpha value is -0.350. The highest BCUT2D eigenvalue weighted by atomic mass is 79.9. The zero-order valence-electron chi connectivity index (χ0n) is 11.0. The molecule has 1 aromatic carbocycles. The maximum Gasteiger partial charge on any atom is 0.0697 e. The van der Waals surface area contributed by atoms with Crippen LogP contribution in [-0.2, 0) is 0 Å². The van der Waals surface area contributed by atoms with Crippen LogP contribution in [0.1, 0.15) is 35.4 Å². The molecule has 0 saturated heterocycles. The van der Waals surface area contributed by atoms with E-state index in [4.69, 9.17) is 11.6 Å². The molecule has 0 fully saturated rings. The van der Waals surface area contributed by atoms with Gasteiger partial charge in [0.05, 0.1) is 11.1 Å². The Labute approximate surface area is 132 Å². The van der Waals surface area contributed by atoms with Gasteiger partial charge in [-0.3, -0.25) is 0 Å². The van der Waals surface area contributed by atoms with Crippen LogP contribution in [0.15, 0.2) is 34.1 Å². The van der Waals surface area contributed by atoms with Crippen LogP contribution in [0.25, 0.3) is 0 Å². The summed E-state index contributed by atoms with van der Waals surface area (Å²) in [6.45, 7) is 5.24. The first-order valence-electron chi connectivity index (χ1n) is 6.35. The van der Waals surface area contributed by atoms with E-state index in [9.17, 15) is 0 Å². The van der Waals surface area contributed by atoms with Crippen molar-refractivity contribution in [2.45, 2.75) is 26.3 Å². The summed E-state index contributed by atoms with van der Waals surface area (Å²) in [6, 6.07) is 8.58. The third-order valence-electron chi connectivity index (χ3n) is 2.97. The summed E-state index contributed by atoms with van der Waals surface area (Å²) in [7, 11) is 0. The zero-order valence-corrected chi connectivity index (χ0v) is 14.2. The summed E-state index contributed by atoms with van der Waals surface area (Å²) in [5.74, 6) is 0. The minimum Gasteiger partial charge on any atom is -0.306 e. The summed E-state index contributed by atoms with van der Waals surface area (Å²) in [6.07, 6.45) is 1.10. The molecule has 0 aliphatic carbocycles. The molecule has 1 N–H and O–H groups in total. The topological polar surface area (TPSA) is 12.0 Å². The van der Waals surface area contributed by atoms with E-state index in [1.165, 1.54) is 16.0 Å². The van der Waals surface area contributed by atoms with Crippen LogP contribution < -0.4 is 5.32 Å². The van der Waals surface area contributed by atoms with Crippen LogP contribution in [0, 0.1) is 6.92 Å². The van der Waals surface area contributed by atoms with Crippen molar-refractivity contribution in [1.82, 2.24) is 5.32 Å². The molecule has 4 heteroatoms. The lowest BCUT2D eigenvalue weighted by Crippen LogP contribution is -2.23. The van der Waals surface area contributed by atoms with E-state index in [2.05, 4.69) is 53.3 Å². The highest BCUT2D eigenvalue weighted by molar-refractivity contribution is 9.10. The molecule has 0 aliphatic heterocycles. The van der Waals surface area contributed by atoms with E-state index < -0.39 is 0 Å². The fourth-order valence-corrected chi connectivity index (χ4v) is 3.99. The average Bonchev–Trinajstić information content (AvgIpc) is 2.78. The van der Waals surface area contributed by atoms with Crippen molar-refractivity contribution < 1.29 is 0 Å². The molecule has 1 atom stereocenters. The van der Waals surface area contributed by atoms with Crippen LogP contribution in [0.5, 0.6) is 0 Å². The van der Waals surface area contributed by atoms with Crippen LogP contribution in [0.4, 0.5) is 0 Å². The molecule has 2 aromatic rings. The monoisotopic (exact) mass is 357 g/mol. The smallest absolute Gasteiger partial charge is 0.0697 e. The van der Waals surface area contributed by atoms with Gasteiger partial charge in [-0.05, 0) is 48.5 Å². The maximum absolute atomic E-state index is 6.30. The van der Waals surface area contributed by atoms with Gasteiger partial charge in [0.15, 0.2) is 0 Å². The van der Waals surface area contributed by atoms with Crippen molar-refractivity contribution in [3.05, 3.63) is 55.1 Å². The second-order valence-corrected chi connectivity index (χ2v) is 6.75. The fourth-order valence-electron chi connectivity index (χ4n) is 2.01. The number of halogens is 2. The first-order chi connectivity index (χ1) is 9.13. The largest absolute Gasteiger partial charge is 0.306 e. The van der Waals surface area contributed by atoms with E-state index in [0.29, 0.717) is 0 Å². The van der Waals surface area contributed by atoms with Crippen molar-refractivity contribution in [3.63, 3.8) is 0 Å². The minimum absolute atomic E-state index is 0.155. The van der Waals surface area contributed by atoms with E-state index in [1.54, 1.807) is 11.3 Å². The van der Waals surface area contributed by atoms with Gasteiger partial charge < -0.3 is 5.32 Å². The first-order valence-corrected chi connectivity index (χ1v) is 8.41. The Bertz CT molecular complexity index is 553. The minimum atomic E-state index is 0.155. The molecule has 0 amide bonds. The molecular formula is C15H17BrClNS. The SMILES string of the molecule is CCCNC(c1ccc(C)cc1Br)c1sccc1Cl. The molecular weight excluding hydrogens is 342 g/mol. The third kappa shape index (κ3) is 3.60. The van der Waals surface area contributed by atoms with E-state index in [-0.39, 0.29) is 6.04 Å². The molecule has 0 spiro atoms. The summed E-state index contributed by atoms with van der Waals surface area (Å²) >= 11 is 11.7. The van der Waals surface area contributed by atoms with Gasteiger partial charge in [0.1, 0.15) is 0 Å². The first kappa shape index (κ1) is 15.0. The van der Waals surface area contributed by atoms with Crippen molar-refractivity contribution in [1.29, 1.82) is 0 Å². The average molecular weight is 359 g/mol. The Balaban J connectivity index is 2.40. The van der Waals surface area contributed by atoms with Gasteiger partial charge in [0.2, 0.25) is 0 Å². The molecule has 0 radical (unpaired) electrons. The second kappa shape index (κ2) is 6.89. The van der Waals surface area contributed by atoms with E-state index in [0.717, 1.165) is 22.5 Å². The van der Waals surface area contributed by atoms with Crippen molar-refractivity contribution >= 4 is 38.9 Å². The zero-order chi connectivity index (χ0) is 13.8. The molecule has 1 nitrogen and oxygen atoms in total. The van der Waals surface area contributed by atoms with Crippen LogP contribution >= 0.6 is 38.9 Å². The highest BCUT2D eigenvalue weighted by Gasteiger charge is 2.19. The summed E-state index contributed by atoms with van der Waals surface area (Å²) < 4.78 is 1.13. The number of aryl methyl sites for hydroxylation is 1. The lowest BCUT2D eigenvalue weighted by Gasteiger charge is -2.20. The normalized spacial score (nSPS) is 12.6. The molecule has 0 saturated carbocycles. The maximum atomic E-state index is 6.30. The fraction of sp³-hybridized carbons (Fsp3) is 0.333. The molecule has 0 aliphatic rings. The quantitative estimate of drug-likeness (QED) is 0.737. The molecule has 102 valence electrons. The number of thiophene rings is 1.